The summed E-state index contributed by atoms with van der Waals surface area (Å²) < 4.78 is 43.3. The van der Waals surface area contributed by atoms with Crippen LogP contribution in [0.25, 0.3) is 0 Å². The van der Waals surface area contributed by atoms with Crippen molar-refractivity contribution in [3.63, 3.8) is 0 Å². The van der Waals surface area contributed by atoms with Crippen LogP contribution in [0.4, 0.5) is 18.9 Å². The number of hydrogen-bond acceptors (Lipinski definition) is 7. The van der Waals surface area contributed by atoms with Crippen molar-refractivity contribution in [1.29, 1.82) is 0 Å². The van der Waals surface area contributed by atoms with Crippen LogP contribution in [0, 0.1) is 0 Å². The van der Waals surface area contributed by atoms with Crippen LogP contribution in [0.2, 0.25) is 0 Å². The van der Waals surface area contributed by atoms with Gasteiger partial charge in [-0.1, -0.05) is 19.6 Å². The first kappa shape index (κ1) is 37.5. The number of nitrogens with zero attached hydrogens (tertiary/aromatic N) is 2. The van der Waals surface area contributed by atoms with E-state index in [9.17, 15) is 27.6 Å². The fourth-order valence-corrected chi connectivity index (χ4v) is 3.59. The van der Waals surface area contributed by atoms with Gasteiger partial charge in [0.25, 0.3) is 0 Å². The second kappa shape index (κ2) is 18.1. The Bertz CT molecular complexity index is 1070. The standard InChI is InChI=1S/C19H20F3NO2.C9H20N4O2.CH4/c1-4-25-17-11-9-16(10-12-17)23(3)18(24)13(2)14-5-7-15(8-6-14)19(20,21)22;1-7(14)8(12)6-9(15)13(4-2-10)5-3-11;/h5-13H,4H2,1-3H3;8H,2-6,10-12H2,1H3;1H4. The van der Waals surface area contributed by atoms with Crippen LogP contribution < -0.4 is 26.8 Å². The van der Waals surface area contributed by atoms with E-state index in [1.54, 1.807) is 38.2 Å². The number of halogens is 3. The molecular weight excluding hydrogens is 539 g/mol. The fourth-order valence-electron chi connectivity index (χ4n) is 3.59. The number of ether oxygens (including phenoxy) is 1. The van der Waals surface area contributed by atoms with E-state index < -0.39 is 23.7 Å². The third kappa shape index (κ3) is 12.3. The molecule has 2 unspecified atom stereocenters. The zero-order valence-corrected chi connectivity index (χ0v) is 23.4. The molecule has 230 valence electrons. The van der Waals surface area contributed by atoms with E-state index in [2.05, 4.69) is 0 Å². The van der Waals surface area contributed by atoms with Crippen LogP contribution >= 0.6 is 0 Å². The molecule has 0 bridgehead atoms. The third-order valence-electron chi connectivity index (χ3n) is 6.04. The summed E-state index contributed by atoms with van der Waals surface area (Å²) >= 11 is 0. The number of benzene rings is 2. The summed E-state index contributed by atoms with van der Waals surface area (Å²) in [4.78, 5) is 38.1. The predicted molar refractivity (Wildman–Crippen MR) is 156 cm³/mol. The van der Waals surface area contributed by atoms with Gasteiger partial charge in [0.15, 0.2) is 0 Å². The van der Waals surface area contributed by atoms with Gasteiger partial charge in [-0.3, -0.25) is 14.4 Å². The molecule has 2 rings (SSSR count). The summed E-state index contributed by atoms with van der Waals surface area (Å²) in [6, 6.07) is 11.0. The van der Waals surface area contributed by atoms with Gasteiger partial charge in [0.2, 0.25) is 11.8 Å². The number of Topliss-reactive ketones (excluding diaryl/α,β-unsaturated/α-hetero) is 1. The number of nitrogens with two attached hydrogens (primary N) is 3. The highest BCUT2D eigenvalue weighted by molar-refractivity contribution is 5.97. The molecule has 41 heavy (non-hydrogen) atoms. The summed E-state index contributed by atoms with van der Waals surface area (Å²) in [6.07, 6.45) is -4.36. The Hall–Kier alpha value is -3.48. The molecule has 2 amide bonds. The minimum absolute atomic E-state index is 0. The van der Waals surface area contributed by atoms with E-state index in [1.807, 2.05) is 6.92 Å². The number of carbonyl (C=O) groups is 3. The number of rotatable bonds is 12. The molecule has 12 heteroatoms. The molecular formula is C29H44F3N5O4. The zero-order chi connectivity index (χ0) is 30.5. The summed E-state index contributed by atoms with van der Waals surface area (Å²) in [5, 5.41) is 0. The maximum absolute atomic E-state index is 12.6. The maximum atomic E-state index is 12.6. The summed E-state index contributed by atoms with van der Waals surface area (Å²) in [5.74, 6) is -0.414. The average molecular weight is 584 g/mol. The molecule has 0 spiro atoms. The van der Waals surface area contributed by atoms with E-state index in [0.29, 0.717) is 49.8 Å². The summed E-state index contributed by atoms with van der Waals surface area (Å²) in [5.41, 5.74) is 16.7. The lowest BCUT2D eigenvalue weighted by atomic mass is 9.98. The van der Waals surface area contributed by atoms with Crippen molar-refractivity contribution in [3.05, 3.63) is 59.7 Å². The molecule has 2 atom stereocenters. The number of anilines is 1. The van der Waals surface area contributed by atoms with E-state index in [-0.39, 0.29) is 31.4 Å². The normalized spacial score (nSPS) is 12.1. The second-order valence-electron chi connectivity index (χ2n) is 9.05. The highest BCUT2D eigenvalue weighted by Gasteiger charge is 2.30. The molecule has 0 aliphatic carbocycles. The van der Waals surface area contributed by atoms with Crippen LogP contribution in [0.3, 0.4) is 0 Å². The SMILES string of the molecule is C.CC(=O)C(N)CC(=O)N(CCN)CCN.CCOc1ccc(N(C)C(=O)C(C)c2ccc(C(F)(F)F)cc2)cc1. The lowest BCUT2D eigenvalue weighted by molar-refractivity contribution is -0.137. The van der Waals surface area contributed by atoms with Crippen molar-refractivity contribution in [2.75, 3.05) is 44.7 Å². The second-order valence-corrected chi connectivity index (χ2v) is 9.05. The van der Waals surface area contributed by atoms with Crippen molar-refractivity contribution < 1.29 is 32.3 Å². The Morgan fingerprint density at radius 1 is 0.951 bits per heavy atom. The van der Waals surface area contributed by atoms with Crippen molar-refractivity contribution >= 4 is 23.3 Å². The molecule has 6 N–H and O–H groups in total. The molecule has 2 aromatic carbocycles. The molecule has 0 saturated carbocycles. The minimum Gasteiger partial charge on any atom is -0.494 e. The quantitative estimate of drug-likeness (QED) is 0.347. The maximum Gasteiger partial charge on any atom is 0.416 e. The van der Waals surface area contributed by atoms with Gasteiger partial charge in [0.05, 0.1) is 24.1 Å². The Morgan fingerprint density at radius 3 is 1.88 bits per heavy atom. The van der Waals surface area contributed by atoms with Crippen LogP contribution in [0.5, 0.6) is 5.75 Å². The van der Waals surface area contributed by atoms with Gasteiger partial charge in [0, 0.05) is 45.3 Å². The molecule has 0 fully saturated rings. The minimum atomic E-state index is -4.38. The van der Waals surface area contributed by atoms with Crippen molar-refractivity contribution in [2.45, 2.75) is 52.8 Å². The van der Waals surface area contributed by atoms with Gasteiger partial charge in [-0.2, -0.15) is 13.2 Å². The van der Waals surface area contributed by atoms with Crippen LogP contribution in [0.15, 0.2) is 48.5 Å². The topological polar surface area (TPSA) is 145 Å². The number of carbonyl (C=O) groups excluding carboxylic acids is 3. The molecule has 0 heterocycles. The van der Waals surface area contributed by atoms with E-state index in [1.165, 1.54) is 28.9 Å². The molecule has 0 saturated heterocycles. The number of amides is 2. The third-order valence-corrected chi connectivity index (χ3v) is 6.04. The van der Waals surface area contributed by atoms with Crippen LogP contribution in [-0.4, -0.2) is 68.4 Å². The lowest BCUT2D eigenvalue weighted by Gasteiger charge is -2.22. The number of ketones is 1. The Balaban J connectivity index is 0.000000865. The number of alkyl halides is 3. The number of likely N-dealkylation sites (N-methyl/N-ethyl adjacent to an activating group) is 1. The van der Waals surface area contributed by atoms with Crippen LogP contribution in [-0.2, 0) is 20.6 Å². The van der Waals surface area contributed by atoms with Gasteiger partial charge in [-0.05, 0) is 62.7 Å². The zero-order valence-electron chi connectivity index (χ0n) is 23.4. The van der Waals surface area contributed by atoms with Crippen LogP contribution in [0.1, 0.15) is 51.7 Å². The fraction of sp³-hybridized carbons (Fsp3) is 0.483. The van der Waals surface area contributed by atoms with Gasteiger partial charge in [-0.15, -0.1) is 0 Å². The molecule has 0 aromatic heterocycles. The molecule has 2 aromatic rings. The van der Waals surface area contributed by atoms with Crippen molar-refractivity contribution in [1.82, 2.24) is 4.90 Å². The van der Waals surface area contributed by atoms with E-state index in [0.717, 1.165) is 12.1 Å². The van der Waals surface area contributed by atoms with Crippen molar-refractivity contribution in [3.8, 4) is 5.75 Å². The first-order valence-electron chi connectivity index (χ1n) is 12.9. The van der Waals surface area contributed by atoms with Gasteiger partial charge >= 0.3 is 6.18 Å². The van der Waals surface area contributed by atoms with Gasteiger partial charge in [-0.25, -0.2) is 0 Å². The summed E-state index contributed by atoms with van der Waals surface area (Å²) in [6.45, 7) is 7.13. The molecule has 0 radical (unpaired) electrons. The monoisotopic (exact) mass is 583 g/mol. The summed E-state index contributed by atoms with van der Waals surface area (Å²) in [7, 11) is 1.64. The predicted octanol–water partition coefficient (Wildman–Crippen LogP) is 3.55. The Labute approximate surface area is 240 Å². The molecule has 0 aliphatic heterocycles. The largest absolute Gasteiger partial charge is 0.494 e. The first-order valence-corrected chi connectivity index (χ1v) is 12.9. The van der Waals surface area contributed by atoms with Gasteiger partial charge < -0.3 is 31.7 Å². The van der Waals surface area contributed by atoms with E-state index in [4.69, 9.17) is 21.9 Å². The Morgan fingerprint density at radius 2 is 1.46 bits per heavy atom. The van der Waals surface area contributed by atoms with E-state index >= 15 is 0 Å². The highest BCUT2D eigenvalue weighted by atomic mass is 19.4. The Kier molecular flexibility index (Phi) is 16.5. The molecule has 0 aliphatic rings. The van der Waals surface area contributed by atoms with Crippen molar-refractivity contribution in [2.24, 2.45) is 17.2 Å². The average Bonchev–Trinajstić information content (AvgIpc) is 2.92. The first-order chi connectivity index (χ1) is 18.8. The van der Waals surface area contributed by atoms with Gasteiger partial charge in [0.1, 0.15) is 11.5 Å². The lowest BCUT2D eigenvalue weighted by Crippen LogP contribution is -2.42. The smallest absolute Gasteiger partial charge is 0.416 e. The molecule has 9 nitrogen and oxygen atoms in total. The number of hydrogen-bond donors (Lipinski definition) is 3. The highest BCUT2D eigenvalue weighted by Crippen LogP contribution is 2.31.